The van der Waals surface area contributed by atoms with E-state index in [0.717, 1.165) is 29.0 Å². The molecule has 2 aromatic rings. The van der Waals surface area contributed by atoms with Crippen LogP contribution in [0, 0.1) is 6.92 Å². The lowest BCUT2D eigenvalue weighted by atomic mass is 10.1. The Bertz CT molecular complexity index is 582. The first-order valence-corrected chi connectivity index (χ1v) is 6.52. The van der Waals surface area contributed by atoms with Crippen LogP contribution in [0.25, 0.3) is 11.4 Å². The quantitative estimate of drug-likeness (QED) is 0.914. The minimum atomic E-state index is 0.535. The summed E-state index contributed by atoms with van der Waals surface area (Å²) in [6.07, 6.45) is 0.836. The minimum absolute atomic E-state index is 0.535. The van der Waals surface area contributed by atoms with Gasteiger partial charge in [0.15, 0.2) is 5.82 Å². The number of nitrogens with zero attached hydrogens (tertiary/aromatic N) is 2. The zero-order valence-electron chi connectivity index (χ0n) is 11.6. The molecule has 100 valence electrons. The lowest BCUT2D eigenvalue weighted by molar-refractivity contribution is 0.341. The van der Waals surface area contributed by atoms with Gasteiger partial charge in [-0.2, -0.15) is 0 Å². The number of para-hydroxylation sites is 1. The standard InChI is InChI=1S/C15H19N3O/c1-4-12-10(3)14(16)18-15(17-12)11-8-6-7-9-13(11)19-5-2/h6-9H,4-5H2,1-3H3,(H2,16,17,18). The number of ether oxygens (including phenoxy) is 1. The summed E-state index contributed by atoms with van der Waals surface area (Å²) in [5, 5.41) is 0. The van der Waals surface area contributed by atoms with Crippen molar-refractivity contribution in [1.82, 2.24) is 9.97 Å². The van der Waals surface area contributed by atoms with E-state index in [2.05, 4.69) is 16.9 Å². The third-order valence-corrected chi connectivity index (χ3v) is 3.05. The van der Waals surface area contributed by atoms with E-state index in [4.69, 9.17) is 10.5 Å². The molecule has 0 atom stereocenters. The van der Waals surface area contributed by atoms with E-state index < -0.39 is 0 Å². The van der Waals surface area contributed by atoms with Crippen molar-refractivity contribution in [2.45, 2.75) is 27.2 Å². The summed E-state index contributed by atoms with van der Waals surface area (Å²) in [6, 6.07) is 7.76. The summed E-state index contributed by atoms with van der Waals surface area (Å²) >= 11 is 0. The summed E-state index contributed by atoms with van der Waals surface area (Å²) < 4.78 is 5.61. The zero-order valence-corrected chi connectivity index (χ0v) is 11.6. The molecule has 1 aromatic heterocycles. The van der Waals surface area contributed by atoms with Gasteiger partial charge in [0.25, 0.3) is 0 Å². The van der Waals surface area contributed by atoms with Crippen LogP contribution < -0.4 is 10.5 Å². The number of aryl methyl sites for hydroxylation is 1. The maximum absolute atomic E-state index is 5.97. The number of anilines is 1. The number of benzene rings is 1. The molecule has 0 saturated carbocycles. The molecular weight excluding hydrogens is 238 g/mol. The predicted molar refractivity (Wildman–Crippen MR) is 77.2 cm³/mol. The molecule has 19 heavy (non-hydrogen) atoms. The second-order valence-corrected chi connectivity index (χ2v) is 4.29. The first kappa shape index (κ1) is 13.3. The van der Waals surface area contributed by atoms with Gasteiger partial charge < -0.3 is 10.5 Å². The van der Waals surface area contributed by atoms with Crippen LogP contribution in [0.15, 0.2) is 24.3 Å². The van der Waals surface area contributed by atoms with Crippen molar-refractivity contribution >= 4 is 5.82 Å². The van der Waals surface area contributed by atoms with Gasteiger partial charge >= 0.3 is 0 Å². The van der Waals surface area contributed by atoms with E-state index in [-0.39, 0.29) is 0 Å². The van der Waals surface area contributed by atoms with Crippen LogP contribution in [-0.4, -0.2) is 16.6 Å². The molecule has 0 radical (unpaired) electrons. The van der Waals surface area contributed by atoms with Gasteiger partial charge in [0.1, 0.15) is 11.6 Å². The second kappa shape index (κ2) is 5.69. The Morgan fingerprint density at radius 2 is 1.89 bits per heavy atom. The van der Waals surface area contributed by atoms with Crippen molar-refractivity contribution in [2.75, 3.05) is 12.3 Å². The van der Waals surface area contributed by atoms with Gasteiger partial charge in [-0.3, -0.25) is 0 Å². The van der Waals surface area contributed by atoms with Crippen molar-refractivity contribution in [3.8, 4) is 17.1 Å². The van der Waals surface area contributed by atoms with Crippen molar-refractivity contribution in [2.24, 2.45) is 0 Å². The normalized spacial score (nSPS) is 10.5. The third kappa shape index (κ3) is 2.67. The highest BCUT2D eigenvalue weighted by Crippen LogP contribution is 2.29. The maximum atomic E-state index is 5.97. The lowest BCUT2D eigenvalue weighted by Gasteiger charge is -2.12. The number of nitrogen functional groups attached to an aromatic ring is 1. The topological polar surface area (TPSA) is 61.0 Å². The lowest BCUT2D eigenvalue weighted by Crippen LogP contribution is -2.05. The summed E-state index contributed by atoms with van der Waals surface area (Å²) in [5.74, 6) is 1.95. The summed E-state index contributed by atoms with van der Waals surface area (Å²) in [4.78, 5) is 8.97. The number of hydrogen-bond donors (Lipinski definition) is 1. The molecule has 0 aliphatic rings. The highest BCUT2D eigenvalue weighted by Gasteiger charge is 2.12. The fourth-order valence-electron chi connectivity index (χ4n) is 1.98. The predicted octanol–water partition coefficient (Wildman–Crippen LogP) is 3.00. The molecule has 0 fully saturated rings. The fourth-order valence-corrected chi connectivity index (χ4v) is 1.98. The van der Waals surface area contributed by atoms with Crippen LogP contribution in [0.3, 0.4) is 0 Å². The molecule has 0 saturated heterocycles. The Labute approximate surface area is 113 Å². The Kier molecular flexibility index (Phi) is 4.00. The highest BCUT2D eigenvalue weighted by atomic mass is 16.5. The average Bonchev–Trinajstić information content (AvgIpc) is 2.43. The Morgan fingerprint density at radius 1 is 1.16 bits per heavy atom. The van der Waals surface area contributed by atoms with Gasteiger partial charge in [0.2, 0.25) is 0 Å². The average molecular weight is 257 g/mol. The molecule has 0 unspecified atom stereocenters. The summed E-state index contributed by atoms with van der Waals surface area (Å²) in [5.41, 5.74) is 8.79. The molecule has 4 nitrogen and oxygen atoms in total. The van der Waals surface area contributed by atoms with E-state index in [9.17, 15) is 0 Å². The Morgan fingerprint density at radius 3 is 2.58 bits per heavy atom. The largest absolute Gasteiger partial charge is 0.493 e. The number of aromatic nitrogens is 2. The van der Waals surface area contributed by atoms with Gasteiger partial charge in [-0.05, 0) is 32.4 Å². The highest BCUT2D eigenvalue weighted by molar-refractivity contribution is 5.66. The Balaban J connectivity index is 2.56. The first-order chi connectivity index (χ1) is 9.17. The number of rotatable bonds is 4. The summed E-state index contributed by atoms with van der Waals surface area (Å²) in [7, 11) is 0. The molecular formula is C15H19N3O. The molecule has 0 amide bonds. The second-order valence-electron chi connectivity index (χ2n) is 4.29. The van der Waals surface area contributed by atoms with Crippen LogP contribution in [-0.2, 0) is 6.42 Å². The first-order valence-electron chi connectivity index (χ1n) is 6.52. The molecule has 0 aliphatic carbocycles. The van der Waals surface area contributed by atoms with Crippen LogP contribution in [0.1, 0.15) is 25.1 Å². The van der Waals surface area contributed by atoms with Gasteiger partial charge in [0, 0.05) is 11.3 Å². The van der Waals surface area contributed by atoms with Gasteiger partial charge in [-0.1, -0.05) is 19.1 Å². The molecule has 2 N–H and O–H groups in total. The number of nitrogens with two attached hydrogens (primary N) is 1. The van der Waals surface area contributed by atoms with E-state index in [1.54, 1.807) is 0 Å². The van der Waals surface area contributed by atoms with Crippen molar-refractivity contribution in [1.29, 1.82) is 0 Å². The molecule has 4 heteroatoms. The van der Waals surface area contributed by atoms with Crippen LogP contribution in [0.2, 0.25) is 0 Å². The monoisotopic (exact) mass is 257 g/mol. The molecule has 2 rings (SSSR count). The summed E-state index contributed by atoms with van der Waals surface area (Å²) in [6.45, 7) is 6.58. The SMILES string of the molecule is CCOc1ccccc1-c1nc(N)c(C)c(CC)n1. The molecule has 0 bridgehead atoms. The van der Waals surface area contributed by atoms with E-state index in [1.165, 1.54) is 0 Å². The Hall–Kier alpha value is -2.10. The molecule has 1 aromatic carbocycles. The smallest absolute Gasteiger partial charge is 0.165 e. The maximum Gasteiger partial charge on any atom is 0.165 e. The van der Waals surface area contributed by atoms with Crippen LogP contribution in [0.5, 0.6) is 5.75 Å². The van der Waals surface area contributed by atoms with Crippen LogP contribution >= 0.6 is 0 Å². The van der Waals surface area contributed by atoms with Crippen molar-refractivity contribution in [3.63, 3.8) is 0 Å². The fraction of sp³-hybridized carbons (Fsp3) is 0.333. The van der Waals surface area contributed by atoms with Gasteiger partial charge in [-0.25, -0.2) is 9.97 Å². The van der Waals surface area contributed by atoms with E-state index in [1.807, 2.05) is 38.1 Å². The zero-order chi connectivity index (χ0) is 13.8. The number of hydrogen-bond acceptors (Lipinski definition) is 4. The minimum Gasteiger partial charge on any atom is -0.493 e. The van der Waals surface area contributed by atoms with Crippen molar-refractivity contribution in [3.05, 3.63) is 35.5 Å². The van der Waals surface area contributed by atoms with Crippen molar-refractivity contribution < 1.29 is 4.74 Å². The molecule has 1 heterocycles. The van der Waals surface area contributed by atoms with Crippen LogP contribution in [0.4, 0.5) is 5.82 Å². The van der Waals surface area contributed by atoms with Gasteiger partial charge in [0.05, 0.1) is 12.2 Å². The van der Waals surface area contributed by atoms with Gasteiger partial charge in [-0.15, -0.1) is 0 Å². The third-order valence-electron chi connectivity index (χ3n) is 3.05. The van der Waals surface area contributed by atoms with E-state index >= 15 is 0 Å². The molecule has 0 spiro atoms. The van der Waals surface area contributed by atoms with E-state index in [0.29, 0.717) is 18.2 Å². The molecule has 0 aliphatic heterocycles.